The SMILES string of the molecule is CSc1ccc(NCc2cc(C)ccc2F)cc1. The molecule has 0 aliphatic carbocycles. The Balaban J connectivity index is 2.04. The van der Waals surface area contributed by atoms with Gasteiger partial charge in [-0.05, 0) is 43.5 Å². The van der Waals surface area contributed by atoms with Gasteiger partial charge in [0.05, 0.1) is 0 Å². The number of rotatable bonds is 4. The summed E-state index contributed by atoms with van der Waals surface area (Å²) in [4.78, 5) is 1.22. The Kier molecular flexibility index (Phi) is 4.26. The van der Waals surface area contributed by atoms with Crippen molar-refractivity contribution in [1.82, 2.24) is 0 Å². The van der Waals surface area contributed by atoms with E-state index in [2.05, 4.69) is 17.4 Å². The first-order valence-corrected chi connectivity index (χ1v) is 7.04. The molecule has 1 N–H and O–H groups in total. The molecule has 0 atom stereocenters. The molecule has 0 spiro atoms. The summed E-state index contributed by atoms with van der Waals surface area (Å²) in [6, 6.07) is 13.3. The van der Waals surface area contributed by atoms with E-state index in [1.165, 1.54) is 11.0 Å². The van der Waals surface area contributed by atoms with Gasteiger partial charge in [-0.3, -0.25) is 0 Å². The molecule has 2 aromatic rings. The summed E-state index contributed by atoms with van der Waals surface area (Å²) in [6.45, 7) is 2.47. The smallest absolute Gasteiger partial charge is 0.128 e. The van der Waals surface area contributed by atoms with E-state index in [1.807, 2.05) is 31.4 Å². The quantitative estimate of drug-likeness (QED) is 0.815. The molecule has 1 nitrogen and oxygen atoms in total. The van der Waals surface area contributed by atoms with Crippen LogP contribution in [0, 0.1) is 12.7 Å². The van der Waals surface area contributed by atoms with E-state index in [4.69, 9.17) is 0 Å². The standard InChI is InChI=1S/C15H16FNS/c1-11-3-8-15(16)12(9-11)10-17-13-4-6-14(18-2)7-5-13/h3-9,17H,10H2,1-2H3. The molecule has 94 valence electrons. The maximum absolute atomic E-state index is 13.5. The third-order valence-electron chi connectivity index (χ3n) is 2.77. The Morgan fingerprint density at radius 1 is 1.11 bits per heavy atom. The highest BCUT2D eigenvalue weighted by Crippen LogP contribution is 2.18. The minimum atomic E-state index is -0.158. The van der Waals surface area contributed by atoms with Crippen molar-refractivity contribution in [1.29, 1.82) is 0 Å². The fourth-order valence-electron chi connectivity index (χ4n) is 1.75. The van der Waals surface area contributed by atoms with Crippen LogP contribution >= 0.6 is 11.8 Å². The van der Waals surface area contributed by atoms with Crippen molar-refractivity contribution in [3.8, 4) is 0 Å². The zero-order chi connectivity index (χ0) is 13.0. The first-order chi connectivity index (χ1) is 8.69. The van der Waals surface area contributed by atoms with Crippen LogP contribution in [0.25, 0.3) is 0 Å². The number of nitrogens with one attached hydrogen (secondary N) is 1. The lowest BCUT2D eigenvalue weighted by Gasteiger charge is -2.08. The molecule has 0 saturated carbocycles. The van der Waals surface area contributed by atoms with Gasteiger partial charge in [-0.15, -0.1) is 11.8 Å². The number of halogens is 1. The fraction of sp³-hybridized carbons (Fsp3) is 0.200. The highest BCUT2D eigenvalue weighted by molar-refractivity contribution is 7.98. The molecule has 0 aliphatic rings. The third kappa shape index (κ3) is 3.26. The van der Waals surface area contributed by atoms with Gasteiger partial charge in [-0.25, -0.2) is 4.39 Å². The topological polar surface area (TPSA) is 12.0 Å². The van der Waals surface area contributed by atoms with Crippen molar-refractivity contribution in [2.75, 3.05) is 11.6 Å². The molecule has 2 aromatic carbocycles. The lowest BCUT2D eigenvalue weighted by molar-refractivity contribution is 0.612. The van der Waals surface area contributed by atoms with Gasteiger partial charge in [0, 0.05) is 22.7 Å². The summed E-state index contributed by atoms with van der Waals surface area (Å²) in [5, 5.41) is 3.23. The molecular weight excluding hydrogens is 245 g/mol. The minimum Gasteiger partial charge on any atom is -0.381 e. The van der Waals surface area contributed by atoms with Crippen LogP contribution in [-0.4, -0.2) is 6.26 Å². The van der Waals surface area contributed by atoms with Crippen molar-refractivity contribution >= 4 is 17.4 Å². The average molecular weight is 261 g/mol. The van der Waals surface area contributed by atoms with E-state index in [0.29, 0.717) is 12.1 Å². The second-order valence-corrected chi connectivity index (χ2v) is 5.06. The van der Waals surface area contributed by atoms with Crippen molar-refractivity contribution in [3.63, 3.8) is 0 Å². The molecule has 0 heterocycles. The van der Waals surface area contributed by atoms with Crippen molar-refractivity contribution < 1.29 is 4.39 Å². The Morgan fingerprint density at radius 2 is 1.83 bits per heavy atom. The molecule has 2 rings (SSSR count). The van der Waals surface area contributed by atoms with E-state index in [1.54, 1.807) is 17.8 Å². The van der Waals surface area contributed by atoms with Gasteiger partial charge in [0.25, 0.3) is 0 Å². The van der Waals surface area contributed by atoms with E-state index in [9.17, 15) is 4.39 Å². The van der Waals surface area contributed by atoms with Gasteiger partial charge in [0.2, 0.25) is 0 Å². The second-order valence-electron chi connectivity index (χ2n) is 4.18. The van der Waals surface area contributed by atoms with Gasteiger partial charge in [0.1, 0.15) is 5.82 Å². The van der Waals surface area contributed by atoms with E-state index in [0.717, 1.165) is 11.3 Å². The lowest BCUT2D eigenvalue weighted by Crippen LogP contribution is -2.02. The van der Waals surface area contributed by atoms with Crippen LogP contribution < -0.4 is 5.32 Å². The Bertz CT molecular complexity index is 523. The van der Waals surface area contributed by atoms with Gasteiger partial charge in [0.15, 0.2) is 0 Å². The Hall–Kier alpha value is -1.48. The van der Waals surface area contributed by atoms with Crippen LogP contribution in [0.1, 0.15) is 11.1 Å². The zero-order valence-electron chi connectivity index (χ0n) is 10.5. The highest BCUT2D eigenvalue weighted by atomic mass is 32.2. The first kappa shape index (κ1) is 13.0. The second kappa shape index (κ2) is 5.91. The highest BCUT2D eigenvalue weighted by Gasteiger charge is 2.02. The Morgan fingerprint density at radius 3 is 2.50 bits per heavy atom. The number of hydrogen-bond acceptors (Lipinski definition) is 2. The number of thioether (sulfide) groups is 1. The van der Waals surface area contributed by atoms with E-state index >= 15 is 0 Å². The van der Waals surface area contributed by atoms with Crippen LogP contribution in [0.15, 0.2) is 47.4 Å². The van der Waals surface area contributed by atoms with Crippen LogP contribution in [0.2, 0.25) is 0 Å². The molecule has 18 heavy (non-hydrogen) atoms. The fourth-order valence-corrected chi connectivity index (χ4v) is 2.15. The predicted octanol–water partition coefficient (Wildman–Crippen LogP) is 4.47. The molecule has 3 heteroatoms. The van der Waals surface area contributed by atoms with E-state index in [-0.39, 0.29) is 5.82 Å². The van der Waals surface area contributed by atoms with Crippen molar-refractivity contribution in [2.45, 2.75) is 18.4 Å². The largest absolute Gasteiger partial charge is 0.381 e. The molecule has 0 radical (unpaired) electrons. The summed E-state index contributed by atoms with van der Waals surface area (Å²) >= 11 is 1.71. The zero-order valence-corrected chi connectivity index (χ0v) is 11.4. The third-order valence-corrected chi connectivity index (χ3v) is 3.52. The van der Waals surface area contributed by atoms with Crippen molar-refractivity contribution in [3.05, 3.63) is 59.4 Å². The molecule has 0 amide bonds. The molecule has 0 bridgehead atoms. The normalized spacial score (nSPS) is 10.4. The van der Waals surface area contributed by atoms with Crippen LogP contribution in [-0.2, 0) is 6.54 Å². The van der Waals surface area contributed by atoms with Crippen LogP contribution in [0.3, 0.4) is 0 Å². The maximum Gasteiger partial charge on any atom is 0.128 e. The van der Waals surface area contributed by atoms with E-state index < -0.39 is 0 Å². The minimum absolute atomic E-state index is 0.158. The number of anilines is 1. The van der Waals surface area contributed by atoms with Gasteiger partial charge in [-0.1, -0.05) is 17.7 Å². The van der Waals surface area contributed by atoms with Crippen molar-refractivity contribution in [2.24, 2.45) is 0 Å². The number of benzene rings is 2. The molecule has 0 saturated heterocycles. The summed E-state index contributed by atoms with van der Waals surface area (Å²) < 4.78 is 13.5. The molecule has 0 fully saturated rings. The van der Waals surface area contributed by atoms with Gasteiger partial charge < -0.3 is 5.32 Å². The average Bonchev–Trinajstić information content (AvgIpc) is 2.40. The summed E-state index contributed by atoms with van der Waals surface area (Å²) in [5.74, 6) is -0.158. The predicted molar refractivity (Wildman–Crippen MR) is 76.7 cm³/mol. The Labute approximate surface area is 111 Å². The summed E-state index contributed by atoms with van der Waals surface area (Å²) in [7, 11) is 0. The number of aryl methyl sites for hydroxylation is 1. The number of hydrogen-bond donors (Lipinski definition) is 1. The lowest BCUT2D eigenvalue weighted by atomic mass is 10.1. The monoisotopic (exact) mass is 261 g/mol. The maximum atomic E-state index is 13.5. The molecule has 0 aromatic heterocycles. The van der Waals surface area contributed by atoms with Gasteiger partial charge >= 0.3 is 0 Å². The summed E-state index contributed by atoms with van der Waals surface area (Å²) in [5.41, 5.74) is 2.78. The van der Waals surface area contributed by atoms with Crippen LogP contribution in [0.4, 0.5) is 10.1 Å². The van der Waals surface area contributed by atoms with Gasteiger partial charge in [-0.2, -0.15) is 0 Å². The summed E-state index contributed by atoms with van der Waals surface area (Å²) in [6.07, 6.45) is 2.05. The molecular formula is C15H16FNS. The molecule has 0 aliphatic heterocycles. The van der Waals surface area contributed by atoms with Crippen LogP contribution in [0.5, 0.6) is 0 Å². The molecule has 0 unspecified atom stereocenters. The first-order valence-electron chi connectivity index (χ1n) is 5.82.